The van der Waals surface area contributed by atoms with Crippen molar-refractivity contribution >= 4 is 5.91 Å². The molecule has 1 aliphatic rings. The van der Waals surface area contributed by atoms with Crippen LogP contribution in [0.25, 0.3) is 0 Å². The number of hydrogen-bond donors (Lipinski definition) is 0. The highest BCUT2D eigenvalue weighted by Crippen LogP contribution is 2.16. The van der Waals surface area contributed by atoms with Crippen LogP contribution in [0.2, 0.25) is 0 Å². The second-order valence-electron chi connectivity index (χ2n) is 4.79. The van der Waals surface area contributed by atoms with E-state index in [2.05, 4.69) is 10.2 Å². The quantitative estimate of drug-likeness (QED) is 0.831. The number of carbonyl (C=O) groups is 1. The molecule has 6 nitrogen and oxygen atoms in total. The molecule has 1 aliphatic heterocycles. The summed E-state index contributed by atoms with van der Waals surface area (Å²) in [6, 6.07) is 7.39. The third-order valence-electron chi connectivity index (χ3n) is 3.32. The van der Waals surface area contributed by atoms with Crippen LogP contribution in [0.4, 0.5) is 0 Å². The van der Waals surface area contributed by atoms with Gasteiger partial charge in [0, 0.05) is 37.6 Å². The number of aromatic nitrogens is 3. The fourth-order valence-electron chi connectivity index (χ4n) is 2.30. The molecule has 1 amide bonds. The van der Waals surface area contributed by atoms with E-state index in [0.717, 1.165) is 13.0 Å². The van der Waals surface area contributed by atoms with E-state index in [1.54, 1.807) is 18.3 Å². The molecule has 0 radical (unpaired) electrons. The number of carbonyl (C=O) groups excluding carboxylic acids is 1. The van der Waals surface area contributed by atoms with Gasteiger partial charge in [0.25, 0.3) is 0 Å². The smallest absolute Gasteiger partial charge is 0.242 e. The van der Waals surface area contributed by atoms with E-state index in [1.807, 2.05) is 34.0 Å². The molecule has 0 aliphatic carbocycles. The minimum Gasteiger partial charge on any atom is -0.471 e. The molecule has 1 saturated heterocycles. The number of hydrogen-bond acceptors (Lipinski definition) is 4. The number of nitrogens with zero attached hydrogens (tertiary/aromatic N) is 4. The second kappa shape index (κ2) is 5.73. The van der Waals surface area contributed by atoms with Crippen molar-refractivity contribution < 1.29 is 9.53 Å². The summed E-state index contributed by atoms with van der Waals surface area (Å²) in [6.07, 6.45) is 6.21. The zero-order valence-electron chi connectivity index (χ0n) is 11.1. The van der Waals surface area contributed by atoms with Crippen molar-refractivity contribution in [2.75, 3.05) is 13.1 Å². The lowest BCUT2D eigenvalue weighted by molar-refractivity contribution is -0.131. The first-order valence-electron chi connectivity index (χ1n) is 6.64. The van der Waals surface area contributed by atoms with Crippen molar-refractivity contribution in [3.8, 4) is 5.88 Å². The molecule has 1 unspecified atom stereocenters. The van der Waals surface area contributed by atoms with Gasteiger partial charge in [0.15, 0.2) is 0 Å². The van der Waals surface area contributed by atoms with Crippen molar-refractivity contribution in [1.29, 1.82) is 0 Å². The Hall–Kier alpha value is -2.37. The van der Waals surface area contributed by atoms with Gasteiger partial charge in [-0.15, -0.1) is 5.10 Å². The molecule has 3 rings (SSSR count). The zero-order valence-corrected chi connectivity index (χ0v) is 11.1. The Bertz CT molecular complexity index is 556. The Morgan fingerprint density at radius 1 is 1.35 bits per heavy atom. The van der Waals surface area contributed by atoms with Crippen molar-refractivity contribution in [3.63, 3.8) is 0 Å². The summed E-state index contributed by atoms with van der Waals surface area (Å²) in [4.78, 5) is 14.0. The fraction of sp³-hybridized carbons (Fsp3) is 0.357. The Kier molecular flexibility index (Phi) is 3.62. The molecule has 0 spiro atoms. The average molecular weight is 272 g/mol. The molecule has 0 bridgehead atoms. The molecule has 20 heavy (non-hydrogen) atoms. The molecular weight excluding hydrogens is 256 g/mol. The van der Waals surface area contributed by atoms with Crippen LogP contribution < -0.4 is 4.74 Å². The topological polar surface area (TPSA) is 60.2 Å². The van der Waals surface area contributed by atoms with E-state index in [1.165, 1.54) is 0 Å². The number of ether oxygens (including phenoxy) is 1. The molecule has 0 saturated carbocycles. The first kappa shape index (κ1) is 12.7. The van der Waals surface area contributed by atoms with Crippen LogP contribution in [0, 0.1) is 0 Å². The maximum atomic E-state index is 12.1. The van der Waals surface area contributed by atoms with E-state index < -0.39 is 0 Å². The summed E-state index contributed by atoms with van der Waals surface area (Å²) in [7, 11) is 0. The van der Waals surface area contributed by atoms with Crippen LogP contribution >= 0.6 is 0 Å². The van der Waals surface area contributed by atoms with Gasteiger partial charge in [0.05, 0.1) is 6.54 Å². The Morgan fingerprint density at radius 3 is 2.95 bits per heavy atom. The van der Waals surface area contributed by atoms with Crippen LogP contribution in [-0.4, -0.2) is 44.8 Å². The predicted octanol–water partition coefficient (Wildman–Crippen LogP) is 0.958. The van der Waals surface area contributed by atoms with Crippen LogP contribution in [0.15, 0.2) is 42.9 Å². The standard InChI is InChI=1S/C14H16N4O2/c19-14(11-17-7-1-2-8-17)18-9-5-12(10-18)20-13-4-3-6-15-16-13/h1-4,6-8,12H,5,9-11H2. The van der Waals surface area contributed by atoms with Crippen molar-refractivity contribution in [2.24, 2.45) is 0 Å². The molecule has 3 heterocycles. The molecule has 2 aromatic heterocycles. The summed E-state index contributed by atoms with van der Waals surface area (Å²) in [5.41, 5.74) is 0. The second-order valence-corrected chi connectivity index (χ2v) is 4.79. The number of likely N-dealkylation sites (tertiary alicyclic amines) is 1. The van der Waals surface area contributed by atoms with Gasteiger partial charge in [0.1, 0.15) is 12.6 Å². The summed E-state index contributed by atoms with van der Waals surface area (Å²) in [5.74, 6) is 0.628. The Morgan fingerprint density at radius 2 is 2.20 bits per heavy atom. The summed E-state index contributed by atoms with van der Waals surface area (Å²) in [5, 5.41) is 7.67. The van der Waals surface area contributed by atoms with Gasteiger partial charge in [-0.2, -0.15) is 5.10 Å². The Balaban J connectivity index is 1.53. The van der Waals surface area contributed by atoms with Crippen LogP contribution in [0.3, 0.4) is 0 Å². The van der Waals surface area contributed by atoms with Crippen molar-refractivity contribution in [2.45, 2.75) is 19.1 Å². The monoisotopic (exact) mass is 272 g/mol. The van der Waals surface area contributed by atoms with E-state index in [9.17, 15) is 4.79 Å². The third-order valence-corrected chi connectivity index (χ3v) is 3.32. The lowest BCUT2D eigenvalue weighted by Gasteiger charge is -2.17. The molecular formula is C14H16N4O2. The van der Waals surface area contributed by atoms with E-state index in [4.69, 9.17) is 4.74 Å². The van der Waals surface area contributed by atoms with Gasteiger partial charge >= 0.3 is 0 Å². The lowest BCUT2D eigenvalue weighted by atomic mass is 10.3. The molecule has 0 N–H and O–H groups in total. The van der Waals surface area contributed by atoms with Crippen LogP contribution in [0.5, 0.6) is 5.88 Å². The van der Waals surface area contributed by atoms with Gasteiger partial charge in [-0.25, -0.2) is 0 Å². The van der Waals surface area contributed by atoms with Gasteiger partial charge in [-0.1, -0.05) is 0 Å². The number of amides is 1. The first-order chi connectivity index (χ1) is 9.81. The SMILES string of the molecule is O=C(Cn1cccc1)N1CCC(Oc2cccnn2)C1. The highest BCUT2D eigenvalue weighted by atomic mass is 16.5. The summed E-state index contributed by atoms with van der Waals surface area (Å²) >= 11 is 0. The van der Waals surface area contributed by atoms with Gasteiger partial charge in [-0.3, -0.25) is 4.79 Å². The van der Waals surface area contributed by atoms with Gasteiger partial charge in [0.2, 0.25) is 11.8 Å². The highest BCUT2D eigenvalue weighted by molar-refractivity contribution is 5.76. The maximum absolute atomic E-state index is 12.1. The Labute approximate surface area is 117 Å². The molecule has 0 aromatic carbocycles. The first-order valence-corrected chi connectivity index (χ1v) is 6.64. The van der Waals surface area contributed by atoms with E-state index in [0.29, 0.717) is 19.0 Å². The minimum absolute atomic E-state index is 0.000289. The normalized spacial score (nSPS) is 18.2. The van der Waals surface area contributed by atoms with Crippen molar-refractivity contribution in [3.05, 3.63) is 42.9 Å². The van der Waals surface area contributed by atoms with Crippen LogP contribution in [0.1, 0.15) is 6.42 Å². The van der Waals surface area contributed by atoms with Crippen LogP contribution in [-0.2, 0) is 11.3 Å². The summed E-state index contributed by atoms with van der Waals surface area (Å²) in [6.45, 7) is 1.71. The summed E-state index contributed by atoms with van der Waals surface area (Å²) < 4.78 is 7.59. The lowest BCUT2D eigenvalue weighted by Crippen LogP contribution is -2.33. The molecule has 6 heteroatoms. The van der Waals surface area contributed by atoms with E-state index in [-0.39, 0.29) is 12.0 Å². The van der Waals surface area contributed by atoms with E-state index >= 15 is 0 Å². The number of rotatable bonds is 4. The molecule has 1 fully saturated rings. The minimum atomic E-state index is 0.000289. The fourth-order valence-corrected chi connectivity index (χ4v) is 2.30. The third kappa shape index (κ3) is 2.96. The predicted molar refractivity (Wildman–Crippen MR) is 72.1 cm³/mol. The molecule has 2 aromatic rings. The average Bonchev–Trinajstić information content (AvgIpc) is 3.11. The zero-order chi connectivity index (χ0) is 13.8. The molecule has 104 valence electrons. The van der Waals surface area contributed by atoms with Gasteiger partial charge in [-0.05, 0) is 18.2 Å². The molecule has 1 atom stereocenters. The largest absolute Gasteiger partial charge is 0.471 e. The van der Waals surface area contributed by atoms with Crippen molar-refractivity contribution in [1.82, 2.24) is 19.7 Å². The maximum Gasteiger partial charge on any atom is 0.242 e. The van der Waals surface area contributed by atoms with Gasteiger partial charge < -0.3 is 14.2 Å². The highest BCUT2D eigenvalue weighted by Gasteiger charge is 2.27.